The first-order valence-electron chi connectivity index (χ1n) is 3.84. The second kappa shape index (κ2) is 4.26. The van der Waals surface area contributed by atoms with Gasteiger partial charge < -0.3 is 9.29 Å². The summed E-state index contributed by atoms with van der Waals surface area (Å²) in [6, 6.07) is 5.69. The molecule has 0 aromatic heterocycles. The Balaban J connectivity index is 3.10. The fourth-order valence-corrected chi connectivity index (χ4v) is 1.54. The summed E-state index contributed by atoms with van der Waals surface area (Å²) >= 11 is 0. The Labute approximate surface area is 82.6 Å². The molecule has 0 unspecified atom stereocenters. The normalized spacial score (nSPS) is 10.9. The maximum absolute atomic E-state index is 10.8. The first kappa shape index (κ1) is 10.7. The molecule has 0 heterocycles. The molecule has 0 bridgehead atoms. The van der Waals surface area contributed by atoms with Gasteiger partial charge in [0.25, 0.3) is 0 Å². The minimum atomic E-state index is -4.47. The maximum atomic E-state index is 10.8. The number of rotatable bonds is 4. The van der Waals surface area contributed by atoms with E-state index in [0.717, 1.165) is 0 Å². The van der Waals surface area contributed by atoms with Crippen LogP contribution < -0.4 is 4.74 Å². The van der Waals surface area contributed by atoms with Crippen LogP contribution in [0.1, 0.15) is 0 Å². The third-order valence-electron chi connectivity index (χ3n) is 1.48. The topological polar surface area (TPSA) is 66.4 Å². The quantitative estimate of drug-likeness (QED) is 0.556. The lowest BCUT2D eigenvalue weighted by Gasteiger charge is -2.12. The molecule has 0 aliphatic carbocycles. The summed E-state index contributed by atoms with van der Waals surface area (Å²) < 4.78 is 37.3. The zero-order chi connectivity index (χ0) is 10.6. The lowest BCUT2D eigenvalue weighted by Crippen LogP contribution is -2.03. The van der Waals surface area contributed by atoms with Crippen LogP contribution in [0.3, 0.4) is 0 Å². The molecule has 0 atom stereocenters. The molecule has 1 rings (SSSR count). The van der Waals surface area contributed by atoms with Crippen LogP contribution in [0, 0.1) is 0 Å². The molecule has 0 amide bonds. The Bertz CT molecular complexity index is 422. The van der Waals surface area contributed by atoms with Gasteiger partial charge in [-0.2, -0.15) is 0 Å². The van der Waals surface area contributed by atoms with Crippen molar-refractivity contribution in [3.8, 4) is 5.75 Å². The predicted molar refractivity (Wildman–Crippen MR) is 50.1 cm³/mol. The zero-order valence-electron chi connectivity index (χ0n) is 7.34. The van der Waals surface area contributed by atoms with Gasteiger partial charge in [-0.3, -0.25) is 0 Å². The first-order valence-corrected chi connectivity index (χ1v) is 5.25. The van der Waals surface area contributed by atoms with Crippen LogP contribution in [-0.4, -0.2) is 19.6 Å². The van der Waals surface area contributed by atoms with Crippen molar-refractivity contribution in [3.05, 3.63) is 36.9 Å². The molecule has 1 aromatic rings. The number of hydrogen-bond acceptors (Lipinski definition) is 4. The monoisotopic (exact) mass is 213 g/mol. The summed E-state index contributed by atoms with van der Waals surface area (Å²) in [5.41, 5.74) is 0. The second-order valence-electron chi connectivity index (χ2n) is 2.50. The molecule has 0 fully saturated rings. The lowest BCUT2D eigenvalue weighted by atomic mass is 10.3. The van der Waals surface area contributed by atoms with Crippen LogP contribution >= 0.6 is 0 Å². The van der Waals surface area contributed by atoms with E-state index < -0.39 is 10.1 Å². The molecule has 0 N–H and O–H groups in total. The summed E-state index contributed by atoms with van der Waals surface area (Å²) in [5.74, 6) is 0.0578. The molecular formula is C9H9O4S-. The van der Waals surface area contributed by atoms with Gasteiger partial charge in [0.2, 0.25) is 0 Å². The van der Waals surface area contributed by atoms with Crippen molar-refractivity contribution in [2.45, 2.75) is 4.90 Å². The van der Waals surface area contributed by atoms with E-state index in [1.165, 1.54) is 24.3 Å². The molecule has 0 saturated heterocycles. The Morgan fingerprint density at radius 3 is 2.64 bits per heavy atom. The molecule has 0 saturated carbocycles. The molecule has 0 radical (unpaired) electrons. The molecule has 0 aliphatic heterocycles. The van der Waals surface area contributed by atoms with Crippen molar-refractivity contribution in [2.24, 2.45) is 0 Å². The molecule has 4 nitrogen and oxygen atoms in total. The fraction of sp³-hybridized carbons (Fsp3) is 0.111. The molecule has 76 valence electrons. The van der Waals surface area contributed by atoms with Gasteiger partial charge in [0.05, 0.1) is 4.90 Å². The van der Waals surface area contributed by atoms with Crippen molar-refractivity contribution in [3.63, 3.8) is 0 Å². The average Bonchev–Trinajstić information content (AvgIpc) is 2.14. The number of benzene rings is 1. The van der Waals surface area contributed by atoms with Gasteiger partial charge in [-0.1, -0.05) is 24.8 Å². The van der Waals surface area contributed by atoms with Crippen LogP contribution in [0.25, 0.3) is 0 Å². The number of para-hydroxylation sites is 1. The first-order chi connectivity index (χ1) is 6.55. The van der Waals surface area contributed by atoms with Crippen molar-refractivity contribution in [1.29, 1.82) is 0 Å². The van der Waals surface area contributed by atoms with E-state index in [-0.39, 0.29) is 17.3 Å². The van der Waals surface area contributed by atoms with Crippen LogP contribution in [0.2, 0.25) is 0 Å². The SMILES string of the molecule is C=CCOc1ccccc1S(=O)(=O)[O-]. The maximum Gasteiger partial charge on any atom is 0.137 e. The average molecular weight is 213 g/mol. The van der Waals surface area contributed by atoms with Gasteiger partial charge in [-0.15, -0.1) is 0 Å². The Morgan fingerprint density at radius 1 is 1.43 bits per heavy atom. The summed E-state index contributed by atoms with van der Waals surface area (Å²) in [6.07, 6.45) is 1.47. The van der Waals surface area contributed by atoms with Crippen LogP contribution in [0.5, 0.6) is 5.75 Å². The minimum Gasteiger partial charge on any atom is -0.744 e. The molecule has 5 heteroatoms. The lowest BCUT2D eigenvalue weighted by molar-refractivity contribution is 0.350. The molecule has 0 spiro atoms. The summed E-state index contributed by atoms with van der Waals surface area (Å²) in [6.45, 7) is 3.57. The standard InChI is InChI=1S/C9H10O4S/c1-2-7-13-8-5-3-4-6-9(8)14(10,11)12/h2-6H,1,7H2,(H,10,11,12)/p-1. The Morgan fingerprint density at radius 2 is 2.07 bits per heavy atom. The highest BCUT2D eigenvalue weighted by atomic mass is 32.2. The largest absolute Gasteiger partial charge is 0.744 e. The third kappa shape index (κ3) is 2.58. The van der Waals surface area contributed by atoms with E-state index in [0.29, 0.717) is 0 Å². The highest BCUT2D eigenvalue weighted by Crippen LogP contribution is 2.22. The van der Waals surface area contributed by atoms with Gasteiger partial charge in [0.1, 0.15) is 22.5 Å². The van der Waals surface area contributed by atoms with Gasteiger partial charge in [-0.05, 0) is 12.1 Å². The van der Waals surface area contributed by atoms with Gasteiger partial charge in [-0.25, -0.2) is 8.42 Å². The Kier molecular flexibility index (Phi) is 3.27. The third-order valence-corrected chi connectivity index (χ3v) is 2.35. The van der Waals surface area contributed by atoms with Crippen molar-refractivity contribution in [1.82, 2.24) is 0 Å². The highest BCUT2D eigenvalue weighted by molar-refractivity contribution is 7.85. The Hall–Kier alpha value is -1.33. The van der Waals surface area contributed by atoms with Crippen LogP contribution in [-0.2, 0) is 10.1 Å². The minimum absolute atomic E-state index is 0.0578. The van der Waals surface area contributed by atoms with Gasteiger partial charge >= 0.3 is 0 Å². The second-order valence-corrected chi connectivity index (χ2v) is 3.85. The number of ether oxygens (including phenoxy) is 1. The van der Waals surface area contributed by atoms with E-state index in [1.54, 1.807) is 6.07 Å². The van der Waals surface area contributed by atoms with E-state index >= 15 is 0 Å². The fourth-order valence-electron chi connectivity index (χ4n) is 0.925. The molecular weight excluding hydrogens is 204 g/mol. The van der Waals surface area contributed by atoms with E-state index in [1.807, 2.05) is 0 Å². The van der Waals surface area contributed by atoms with Crippen molar-refractivity contribution < 1.29 is 17.7 Å². The van der Waals surface area contributed by atoms with Crippen molar-refractivity contribution in [2.75, 3.05) is 6.61 Å². The van der Waals surface area contributed by atoms with Crippen LogP contribution in [0.4, 0.5) is 0 Å². The molecule has 0 aliphatic rings. The summed E-state index contributed by atoms with van der Waals surface area (Å²) in [7, 11) is -4.47. The van der Waals surface area contributed by atoms with E-state index in [4.69, 9.17) is 4.74 Å². The molecule has 1 aromatic carbocycles. The number of hydrogen-bond donors (Lipinski definition) is 0. The van der Waals surface area contributed by atoms with E-state index in [9.17, 15) is 13.0 Å². The van der Waals surface area contributed by atoms with Crippen molar-refractivity contribution >= 4 is 10.1 Å². The van der Waals surface area contributed by atoms with Gasteiger partial charge in [0, 0.05) is 0 Å². The smallest absolute Gasteiger partial charge is 0.137 e. The van der Waals surface area contributed by atoms with Gasteiger partial charge in [0.15, 0.2) is 0 Å². The zero-order valence-corrected chi connectivity index (χ0v) is 8.16. The summed E-state index contributed by atoms with van der Waals surface area (Å²) in [5, 5.41) is 0. The predicted octanol–water partition coefficient (Wildman–Crippen LogP) is 1.16. The van der Waals surface area contributed by atoms with E-state index in [2.05, 4.69) is 6.58 Å². The summed E-state index contributed by atoms with van der Waals surface area (Å²) in [4.78, 5) is -0.346. The highest BCUT2D eigenvalue weighted by Gasteiger charge is 2.07. The molecule has 14 heavy (non-hydrogen) atoms. The van der Waals surface area contributed by atoms with Crippen LogP contribution in [0.15, 0.2) is 41.8 Å².